The zero-order chi connectivity index (χ0) is 20.7. The van der Waals surface area contributed by atoms with Crippen LogP contribution in [0.5, 0.6) is 5.75 Å². The summed E-state index contributed by atoms with van der Waals surface area (Å²) in [5, 5.41) is 0. The Morgan fingerprint density at radius 1 is 0.815 bits per heavy atom. The summed E-state index contributed by atoms with van der Waals surface area (Å²) in [4.78, 5) is 12.8. The van der Waals surface area contributed by atoms with Gasteiger partial charge in [0.15, 0.2) is 6.87 Å². The van der Waals surface area contributed by atoms with Crippen LogP contribution in [0.15, 0.2) is 30.3 Å². The molecule has 0 unspecified atom stereocenters. The van der Waals surface area contributed by atoms with Crippen LogP contribution in [-0.2, 0) is 9.22 Å². The Morgan fingerprint density at radius 3 is 1.67 bits per heavy atom. The summed E-state index contributed by atoms with van der Waals surface area (Å²) < 4.78 is 12.9. The zero-order valence-corrected chi connectivity index (χ0v) is 22.7. The molecule has 0 heterocycles. The van der Waals surface area contributed by atoms with Crippen molar-refractivity contribution in [2.24, 2.45) is 5.92 Å². The zero-order valence-electron chi connectivity index (χ0n) is 18.7. The predicted octanol–water partition coefficient (Wildman–Crippen LogP) is 5.58. The standard InChI is InChI=1S/C20H38O3Si4/c1-24(2,3)27(25(4,5)6,26(7,8)9)23-19-16-15-18(19)20(21)22-17-13-11-10-12-14-17/h10-14,18-19H,15-16H2,1-9H3/t18-,19-/m0/s1. The lowest BCUT2D eigenvalue weighted by molar-refractivity contribution is -0.147. The highest BCUT2D eigenvalue weighted by molar-refractivity contribution is 7.87. The van der Waals surface area contributed by atoms with Crippen LogP contribution in [0.1, 0.15) is 12.8 Å². The number of benzene rings is 1. The molecule has 0 radical (unpaired) electrons. The van der Waals surface area contributed by atoms with Gasteiger partial charge in [-0.05, 0) is 25.0 Å². The number of para-hydroxylation sites is 1. The Hall–Kier alpha value is -0.482. The van der Waals surface area contributed by atoms with Crippen molar-refractivity contribution in [3.05, 3.63) is 30.3 Å². The maximum absolute atomic E-state index is 12.8. The van der Waals surface area contributed by atoms with Crippen LogP contribution in [0.25, 0.3) is 0 Å². The molecule has 0 spiro atoms. The van der Waals surface area contributed by atoms with E-state index in [4.69, 9.17) is 9.16 Å². The van der Waals surface area contributed by atoms with Crippen LogP contribution in [0.4, 0.5) is 0 Å². The first-order valence-corrected chi connectivity index (χ1v) is 25.6. The summed E-state index contributed by atoms with van der Waals surface area (Å²) in [5.41, 5.74) is 0. The molecular weight excluding hydrogens is 401 g/mol. The molecule has 7 heteroatoms. The molecule has 1 aliphatic rings. The van der Waals surface area contributed by atoms with E-state index in [2.05, 4.69) is 58.9 Å². The number of ether oxygens (including phenoxy) is 1. The van der Waals surface area contributed by atoms with Crippen molar-refractivity contribution < 1.29 is 14.0 Å². The molecule has 2 rings (SSSR count). The Bertz CT molecular complexity index is 620. The van der Waals surface area contributed by atoms with E-state index in [0.717, 1.165) is 12.8 Å². The van der Waals surface area contributed by atoms with Gasteiger partial charge in [0.2, 0.25) is 0 Å². The van der Waals surface area contributed by atoms with E-state index in [-0.39, 0.29) is 18.0 Å². The van der Waals surface area contributed by atoms with Crippen LogP contribution in [-0.4, -0.2) is 41.7 Å². The Kier molecular flexibility index (Phi) is 6.54. The molecule has 0 aliphatic heterocycles. The molecule has 1 aromatic carbocycles. The second-order valence-corrected chi connectivity index (χ2v) is 50.4. The van der Waals surface area contributed by atoms with Gasteiger partial charge in [0.1, 0.15) is 5.75 Å². The number of carbonyl (C=O) groups excluding carboxylic acids is 1. The maximum atomic E-state index is 12.8. The smallest absolute Gasteiger partial charge is 0.316 e. The van der Waals surface area contributed by atoms with Crippen LogP contribution in [0.3, 0.4) is 0 Å². The molecular formula is C20H38O3Si4. The van der Waals surface area contributed by atoms with E-state index >= 15 is 0 Å². The van der Waals surface area contributed by atoms with Crippen LogP contribution in [0.2, 0.25) is 58.9 Å². The highest BCUT2D eigenvalue weighted by Gasteiger charge is 2.65. The molecule has 1 saturated carbocycles. The van der Waals surface area contributed by atoms with E-state index in [9.17, 15) is 4.79 Å². The van der Waals surface area contributed by atoms with Gasteiger partial charge in [-0.2, -0.15) is 0 Å². The molecule has 3 nitrogen and oxygen atoms in total. The number of esters is 1. The average Bonchev–Trinajstić information content (AvgIpc) is 2.43. The van der Waals surface area contributed by atoms with Gasteiger partial charge < -0.3 is 9.16 Å². The minimum Gasteiger partial charge on any atom is -0.426 e. The summed E-state index contributed by atoms with van der Waals surface area (Å²) in [6.07, 6.45) is 1.96. The summed E-state index contributed by atoms with van der Waals surface area (Å²) >= 11 is 0. The summed E-state index contributed by atoms with van der Waals surface area (Å²) in [5.74, 6) is 0.431. The molecule has 152 valence electrons. The van der Waals surface area contributed by atoms with Gasteiger partial charge in [-0.25, -0.2) is 0 Å². The van der Waals surface area contributed by atoms with Crippen molar-refractivity contribution >= 4 is 35.6 Å². The second-order valence-electron chi connectivity index (χ2n) is 11.0. The van der Waals surface area contributed by atoms with Crippen molar-refractivity contribution in [2.75, 3.05) is 0 Å². The Morgan fingerprint density at radius 2 is 1.30 bits per heavy atom. The first kappa shape index (κ1) is 22.8. The molecule has 0 aromatic heterocycles. The fraction of sp³-hybridized carbons (Fsp3) is 0.650. The first-order valence-electron chi connectivity index (χ1n) is 10.2. The molecule has 27 heavy (non-hydrogen) atoms. The molecule has 0 amide bonds. The lowest BCUT2D eigenvalue weighted by Crippen LogP contribution is -2.85. The lowest BCUT2D eigenvalue weighted by atomic mass is 9.82. The molecule has 1 fully saturated rings. The molecule has 0 N–H and O–H groups in total. The monoisotopic (exact) mass is 438 g/mol. The Labute approximate surface area is 169 Å². The topological polar surface area (TPSA) is 35.5 Å². The first-order chi connectivity index (χ1) is 12.2. The number of hydrogen-bond acceptors (Lipinski definition) is 3. The van der Waals surface area contributed by atoms with Gasteiger partial charge in [-0.15, -0.1) is 0 Å². The third kappa shape index (κ3) is 4.42. The van der Waals surface area contributed by atoms with E-state index in [0.29, 0.717) is 5.75 Å². The van der Waals surface area contributed by atoms with Crippen molar-refractivity contribution in [1.29, 1.82) is 0 Å². The molecule has 1 aromatic rings. The van der Waals surface area contributed by atoms with Gasteiger partial charge in [-0.1, -0.05) is 77.1 Å². The fourth-order valence-electron chi connectivity index (χ4n) is 5.69. The lowest BCUT2D eigenvalue weighted by Gasteiger charge is -2.59. The van der Waals surface area contributed by atoms with E-state index in [1.807, 2.05) is 30.3 Å². The third-order valence-electron chi connectivity index (χ3n) is 5.97. The summed E-state index contributed by atoms with van der Waals surface area (Å²) in [6.45, 7) is 20.8. The minimum absolute atomic E-state index is 0.0676. The number of carbonyl (C=O) groups is 1. The van der Waals surface area contributed by atoms with Gasteiger partial charge >= 0.3 is 5.97 Å². The average molecular weight is 439 g/mol. The van der Waals surface area contributed by atoms with Gasteiger partial charge in [-0.3, -0.25) is 4.79 Å². The van der Waals surface area contributed by atoms with Crippen LogP contribution in [0, 0.1) is 5.92 Å². The highest BCUT2D eigenvalue weighted by atomic mass is 29.9. The largest absolute Gasteiger partial charge is 0.426 e. The second kappa shape index (κ2) is 7.74. The quantitative estimate of drug-likeness (QED) is 0.316. The summed E-state index contributed by atoms with van der Waals surface area (Å²) in [6, 6.07) is 9.42. The molecule has 0 bridgehead atoms. The number of rotatable bonds is 7. The van der Waals surface area contributed by atoms with Gasteiger partial charge in [0.05, 0.1) is 34.8 Å². The minimum atomic E-state index is -1.90. The maximum Gasteiger partial charge on any atom is 0.316 e. The highest BCUT2D eigenvalue weighted by Crippen LogP contribution is 2.43. The Balaban J connectivity index is 2.27. The van der Waals surface area contributed by atoms with Crippen LogP contribution < -0.4 is 4.74 Å². The molecule has 1 aliphatic carbocycles. The predicted molar refractivity (Wildman–Crippen MR) is 125 cm³/mol. The fourth-order valence-corrected chi connectivity index (χ4v) is 99.8. The third-order valence-corrected chi connectivity index (χ3v) is 73.5. The molecule has 2 atom stereocenters. The van der Waals surface area contributed by atoms with Gasteiger partial charge in [0.25, 0.3) is 0 Å². The van der Waals surface area contributed by atoms with Gasteiger partial charge in [0, 0.05) is 0 Å². The normalized spacial score (nSPS) is 21.5. The number of hydrogen-bond donors (Lipinski definition) is 0. The van der Waals surface area contributed by atoms with Crippen molar-refractivity contribution in [3.8, 4) is 5.75 Å². The summed E-state index contributed by atoms with van der Waals surface area (Å²) in [7, 11) is -4.51. The van der Waals surface area contributed by atoms with Crippen LogP contribution >= 0.6 is 0 Å². The molecule has 0 saturated heterocycles. The van der Waals surface area contributed by atoms with E-state index in [1.165, 1.54) is 0 Å². The SMILES string of the molecule is C[Si](C)(C)[Si](O[C@H]1CC[C@@H]1C(=O)Oc1ccccc1)([Si](C)(C)C)[Si](C)(C)C. The van der Waals surface area contributed by atoms with E-state index < -0.39 is 29.6 Å². The van der Waals surface area contributed by atoms with Crippen molar-refractivity contribution in [1.82, 2.24) is 0 Å². The van der Waals surface area contributed by atoms with Crippen molar-refractivity contribution in [3.63, 3.8) is 0 Å². The van der Waals surface area contributed by atoms with Crippen molar-refractivity contribution in [2.45, 2.75) is 77.9 Å². The van der Waals surface area contributed by atoms with E-state index in [1.54, 1.807) is 0 Å².